The largest absolute Gasteiger partial charge is 0.490 e. The van der Waals surface area contributed by atoms with Crippen LogP contribution in [0.1, 0.15) is 48.9 Å². The van der Waals surface area contributed by atoms with E-state index in [4.69, 9.17) is 4.74 Å². The van der Waals surface area contributed by atoms with Crippen molar-refractivity contribution < 1.29 is 17.9 Å². The Morgan fingerprint density at radius 2 is 1.55 bits per heavy atom. The molecule has 0 aliphatic carbocycles. The van der Waals surface area contributed by atoms with Crippen LogP contribution >= 0.6 is 0 Å². The number of ether oxygens (including phenoxy) is 1. The molecule has 1 aromatic heterocycles. The molecule has 5 rings (SSSR count). The lowest BCUT2D eigenvalue weighted by atomic mass is 9.98. The molecule has 3 saturated heterocycles. The van der Waals surface area contributed by atoms with Gasteiger partial charge in [0.25, 0.3) is 5.91 Å². The van der Waals surface area contributed by atoms with Gasteiger partial charge in [-0.05, 0) is 62.1 Å². The molecule has 3 aliphatic heterocycles. The van der Waals surface area contributed by atoms with Crippen LogP contribution in [0.3, 0.4) is 0 Å². The lowest BCUT2D eigenvalue weighted by molar-refractivity contribution is 0.0358. The zero-order valence-corrected chi connectivity index (χ0v) is 18.2. The van der Waals surface area contributed by atoms with Gasteiger partial charge in [0, 0.05) is 56.0 Å². The predicted octanol–water partition coefficient (Wildman–Crippen LogP) is 3.08. The van der Waals surface area contributed by atoms with Crippen molar-refractivity contribution in [2.24, 2.45) is 0 Å². The van der Waals surface area contributed by atoms with Crippen molar-refractivity contribution in [3.63, 3.8) is 0 Å². The SMILES string of the molecule is O=C(c1ccc(S(=O)(=O)N2CCCC2)cc1)N1C2CCC1CC(Oc1ccncc1)C2. The van der Waals surface area contributed by atoms with Crippen LogP contribution in [0.5, 0.6) is 5.75 Å². The number of amides is 1. The van der Waals surface area contributed by atoms with Gasteiger partial charge in [0.15, 0.2) is 0 Å². The first-order valence-electron chi connectivity index (χ1n) is 11.0. The molecule has 2 bridgehead atoms. The Kier molecular flexibility index (Phi) is 5.44. The Hall–Kier alpha value is -2.45. The van der Waals surface area contributed by atoms with Crippen molar-refractivity contribution >= 4 is 15.9 Å². The highest BCUT2D eigenvalue weighted by Gasteiger charge is 2.44. The minimum Gasteiger partial charge on any atom is -0.490 e. The van der Waals surface area contributed by atoms with E-state index in [-0.39, 0.29) is 29.0 Å². The molecule has 7 nitrogen and oxygen atoms in total. The molecule has 3 fully saturated rings. The van der Waals surface area contributed by atoms with E-state index in [9.17, 15) is 13.2 Å². The van der Waals surface area contributed by atoms with Crippen LogP contribution in [0.2, 0.25) is 0 Å². The van der Waals surface area contributed by atoms with Gasteiger partial charge in [-0.3, -0.25) is 9.78 Å². The summed E-state index contributed by atoms with van der Waals surface area (Å²) in [5.74, 6) is 0.800. The van der Waals surface area contributed by atoms with E-state index in [0.717, 1.165) is 44.3 Å². The molecule has 4 heterocycles. The van der Waals surface area contributed by atoms with Crippen LogP contribution in [0.25, 0.3) is 0 Å². The first-order valence-corrected chi connectivity index (χ1v) is 12.5. The first kappa shape index (κ1) is 20.5. The molecule has 0 N–H and O–H groups in total. The molecule has 2 atom stereocenters. The second-order valence-electron chi connectivity index (χ2n) is 8.63. The van der Waals surface area contributed by atoms with Crippen LogP contribution in [-0.2, 0) is 10.0 Å². The number of benzene rings is 1. The highest BCUT2D eigenvalue weighted by atomic mass is 32.2. The Morgan fingerprint density at radius 1 is 0.935 bits per heavy atom. The Bertz CT molecular complexity index is 1020. The fourth-order valence-electron chi connectivity index (χ4n) is 5.16. The zero-order chi connectivity index (χ0) is 21.4. The maximum atomic E-state index is 13.3. The van der Waals surface area contributed by atoms with E-state index < -0.39 is 10.0 Å². The van der Waals surface area contributed by atoms with Gasteiger partial charge < -0.3 is 9.64 Å². The number of hydrogen-bond donors (Lipinski definition) is 0. The summed E-state index contributed by atoms with van der Waals surface area (Å²) in [6, 6.07) is 10.5. The molecular formula is C23H27N3O4S. The summed E-state index contributed by atoms with van der Waals surface area (Å²) in [4.78, 5) is 19.5. The standard InChI is InChI=1S/C23H27N3O4S/c27-23(17-3-7-22(8-4-17)31(28,29)25-13-1-2-14-25)26-18-5-6-19(26)16-21(15-18)30-20-9-11-24-12-10-20/h3-4,7-12,18-19,21H,1-2,5-6,13-16H2. The topological polar surface area (TPSA) is 79.8 Å². The zero-order valence-electron chi connectivity index (χ0n) is 17.4. The van der Waals surface area contributed by atoms with Gasteiger partial charge in [-0.2, -0.15) is 4.31 Å². The number of fused-ring (bicyclic) bond motifs is 2. The predicted molar refractivity (Wildman–Crippen MR) is 115 cm³/mol. The van der Waals surface area contributed by atoms with Crippen molar-refractivity contribution in [2.45, 2.75) is 61.6 Å². The molecule has 0 saturated carbocycles. The van der Waals surface area contributed by atoms with Crippen molar-refractivity contribution in [2.75, 3.05) is 13.1 Å². The van der Waals surface area contributed by atoms with Crippen LogP contribution in [-0.4, -0.2) is 59.8 Å². The van der Waals surface area contributed by atoms with Crippen molar-refractivity contribution in [1.82, 2.24) is 14.2 Å². The molecule has 0 spiro atoms. The van der Waals surface area contributed by atoms with Crippen molar-refractivity contribution in [3.05, 3.63) is 54.4 Å². The molecule has 1 aromatic carbocycles. The molecule has 164 valence electrons. The van der Waals surface area contributed by atoms with E-state index >= 15 is 0 Å². The van der Waals surface area contributed by atoms with Gasteiger partial charge in [-0.15, -0.1) is 0 Å². The Morgan fingerprint density at radius 3 is 2.16 bits per heavy atom. The third-order valence-electron chi connectivity index (χ3n) is 6.68. The van der Waals surface area contributed by atoms with Crippen LogP contribution < -0.4 is 4.74 Å². The Balaban J connectivity index is 1.27. The molecule has 3 aliphatic rings. The number of rotatable bonds is 5. The summed E-state index contributed by atoms with van der Waals surface area (Å²) in [7, 11) is -3.46. The van der Waals surface area contributed by atoms with Gasteiger partial charge >= 0.3 is 0 Å². The normalized spacial score (nSPS) is 26.2. The summed E-state index contributed by atoms with van der Waals surface area (Å²) in [5, 5.41) is 0. The Labute approximate surface area is 183 Å². The number of sulfonamides is 1. The van der Waals surface area contributed by atoms with E-state index in [1.165, 1.54) is 4.31 Å². The summed E-state index contributed by atoms with van der Waals surface area (Å²) < 4.78 is 33.1. The van der Waals surface area contributed by atoms with E-state index in [0.29, 0.717) is 18.7 Å². The third kappa shape index (κ3) is 3.94. The van der Waals surface area contributed by atoms with Gasteiger partial charge in [0.1, 0.15) is 11.9 Å². The second kappa shape index (κ2) is 8.24. The molecule has 1 amide bonds. The third-order valence-corrected chi connectivity index (χ3v) is 8.59. The fourth-order valence-corrected chi connectivity index (χ4v) is 6.68. The highest BCUT2D eigenvalue weighted by Crippen LogP contribution is 2.38. The maximum absolute atomic E-state index is 13.3. The van der Waals surface area contributed by atoms with Crippen LogP contribution in [0, 0.1) is 0 Å². The van der Waals surface area contributed by atoms with Crippen molar-refractivity contribution in [1.29, 1.82) is 0 Å². The number of pyridine rings is 1. The molecular weight excluding hydrogens is 414 g/mol. The average Bonchev–Trinajstić information content (AvgIpc) is 3.42. The molecule has 31 heavy (non-hydrogen) atoms. The minimum atomic E-state index is -3.46. The van der Waals surface area contributed by atoms with Crippen LogP contribution in [0.15, 0.2) is 53.7 Å². The van der Waals surface area contributed by atoms with Gasteiger partial charge in [0.2, 0.25) is 10.0 Å². The number of nitrogens with zero attached hydrogens (tertiary/aromatic N) is 3. The minimum absolute atomic E-state index is 0.0139. The first-order chi connectivity index (χ1) is 15.0. The molecule has 8 heteroatoms. The second-order valence-corrected chi connectivity index (χ2v) is 10.6. The molecule has 0 radical (unpaired) electrons. The number of aromatic nitrogens is 1. The highest BCUT2D eigenvalue weighted by molar-refractivity contribution is 7.89. The summed E-state index contributed by atoms with van der Waals surface area (Å²) in [6.45, 7) is 1.14. The average molecular weight is 442 g/mol. The smallest absolute Gasteiger partial charge is 0.254 e. The lowest BCUT2D eigenvalue weighted by Crippen LogP contribution is -2.49. The van der Waals surface area contributed by atoms with Crippen LogP contribution in [0.4, 0.5) is 0 Å². The van der Waals surface area contributed by atoms with E-state index in [1.54, 1.807) is 36.7 Å². The summed E-state index contributed by atoms with van der Waals surface area (Å²) in [6.07, 6.45) is 8.92. The number of carbonyl (C=O) groups is 1. The lowest BCUT2D eigenvalue weighted by Gasteiger charge is -2.39. The quantitative estimate of drug-likeness (QED) is 0.712. The molecule has 2 aromatic rings. The van der Waals surface area contributed by atoms with Crippen molar-refractivity contribution in [3.8, 4) is 5.75 Å². The van der Waals surface area contributed by atoms with E-state index in [2.05, 4.69) is 4.98 Å². The van der Waals surface area contributed by atoms with Gasteiger partial charge in [0.05, 0.1) is 4.90 Å². The van der Waals surface area contributed by atoms with Gasteiger partial charge in [-0.1, -0.05) is 0 Å². The fraction of sp³-hybridized carbons (Fsp3) is 0.478. The maximum Gasteiger partial charge on any atom is 0.254 e. The number of carbonyl (C=O) groups excluding carboxylic acids is 1. The van der Waals surface area contributed by atoms with Gasteiger partial charge in [-0.25, -0.2) is 8.42 Å². The van der Waals surface area contributed by atoms with E-state index in [1.807, 2.05) is 17.0 Å². The summed E-state index contributed by atoms with van der Waals surface area (Å²) in [5.41, 5.74) is 0.547. The monoisotopic (exact) mass is 441 g/mol. The number of piperidine rings is 1. The summed E-state index contributed by atoms with van der Waals surface area (Å²) >= 11 is 0. The molecule has 2 unspecified atom stereocenters. The number of hydrogen-bond acceptors (Lipinski definition) is 5.